The van der Waals surface area contributed by atoms with Crippen LogP contribution in [0.2, 0.25) is 5.02 Å². The molecule has 0 aliphatic rings. The van der Waals surface area contributed by atoms with Crippen molar-refractivity contribution in [1.82, 2.24) is 10.1 Å². The average Bonchev–Trinajstić information content (AvgIpc) is 3.09. The summed E-state index contributed by atoms with van der Waals surface area (Å²) in [4.78, 5) is 15.7. The Kier molecular flexibility index (Phi) is 4.85. The molecule has 1 aromatic heterocycles. The first-order valence-corrected chi connectivity index (χ1v) is 7.64. The van der Waals surface area contributed by atoms with Crippen LogP contribution in [0.25, 0.3) is 11.4 Å². The first kappa shape index (κ1) is 16.8. The highest BCUT2D eigenvalue weighted by Gasteiger charge is 2.13. The van der Waals surface area contributed by atoms with Gasteiger partial charge in [0.2, 0.25) is 5.82 Å². The first-order chi connectivity index (χ1) is 12.1. The van der Waals surface area contributed by atoms with E-state index in [1.807, 2.05) is 18.2 Å². The minimum absolute atomic E-state index is 0.0150. The Morgan fingerprint density at radius 1 is 1.28 bits per heavy atom. The van der Waals surface area contributed by atoms with E-state index < -0.39 is 5.91 Å². The van der Waals surface area contributed by atoms with E-state index in [9.17, 15) is 4.79 Å². The number of hydrogen-bond donors (Lipinski definition) is 1. The number of nitrogens with zero attached hydrogens (tertiary/aromatic N) is 2. The van der Waals surface area contributed by atoms with Gasteiger partial charge in [-0.25, -0.2) is 0 Å². The first-order valence-electron chi connectivity index (χ1n) is 7.26. The molecule has 0 radical (unpaired) electrons. The molecule has 2 aromatic carbocycles. The van der Waals surface area contributed by atoms with Gasteiger partial charge in [0, 0.05) is 10.6 Å². The number of hydrogen-bond acceptors (Lipinski definition) is 6. The highest BCUT2D eigenvalue weighted by Crippen LogP contribution is 2.24. The molecule has 8 heteroatoms. The molecule has 0 atom stereocenters. The summed E-state index contributed by atoms with van der Waals surface area (Å²) in [5.41, 5.74) is 6.25. The number of rotatable bonds is 6. The number of methoxy groups -OCH3 is 1. The van der Waals surface area contributed by atoms with Crippen LogP contribution < -0.4 is 15.2 Å². The van der Waals surface area contributed by atoms with E-state index in [1.165, 1.54) is 6.07 Å². The Bertz CT molecular complexity index is 910. The van der Waals surface area contributed by atoms with Gasteiger partial charge in [0.05, 0.1) is 12.7 Å². The molecule has 0 aliphatic carbocycles. The molecule has 0 bridgehead atoms. The number of nitrogens with two attached hydrogens (primary N) is 1. The van der Waals surface area contributed by atoms with Crippen molar-refractivity contribution < 1.29 is 18.8 Å². The molecular weight excluding hydrogens is 346 g/mol. The summed E-state index contributed by atoms with van der Waals surface area (Å²) in [6.07, 6.45) is 0. The second-order valence-electron chi connectivity index (χ2n) is 5.04. The monoisotopic (exact) mass is 359 g/mol. The molecular formula is C17H14ClN3O4. The maximum absolute atomic E-state index is 11.5. The summed E-state index contributed by atoms with van der Waals surface area (Å²) in [5.74, 6) is 0.998. The van der Waals surface area contributed by atoms with Crippen LogP contribution in [0.1, 0.15) is 16.2 Å². The third-order valence-corrected chi connectivity index (χ3v) is 3.59. The number of halogens is 1. The van der Waals surface area contributed by atoms with Crippen LogP contribution in [-0.4, -0.2) is 23.2 Å². The van der Waals surface area contributed by atoms with Gasteiger partial charge in [-0.15, -0.1) is 0 Å². The van der Waals surface area contributed by atoms with Crippen molar-refractivity contribution in [3.05, 3.63) is 58.9 Å². The molecule has 0 aliphatic heterocycles. The second kappa shape index (κ2) is 7.23. The molecule has 3 aromatic rings. The van der Waals surface area contributed by atoms with Gasteiger partial charge in [-0.05, 0) is 30.3 Å². The van der Waals surface area contributed by atoms with Crippen molar-refractivity contribution in [2.75, 3.05) is 7.11 Å². The zero-order valence-corrected chi connectivity index (χ0v) is 14.0. The van der Waals surface area contributed by atoms with Gasteiger partial charge in [-0.3, -0.25) is 4.79 Å². The minimum Gasteiger partial charge on any atom is -0.497 e. The molecule has 1 heterocycles. The standard InChI is InChI=1S/C17H14ClN3O4/c1-23-12-4-2-3-10(7-12)17-20-15(25-21-17)9-24-14-6-5-11(18)8-13(14)16(19)22/h2-8H,9H2,1H3,(H2,19,22). The SMILES string of the molecule is COc1cccc(-c2noc(COc3ccc(Cl)cc3C(N)=O)n2)c1. The Morgan fingerprint density at radius 3 is 2.88 bits per heavy atom. The van der Waals surface area contributed by atoms with Crippen molar-refractivity contribution in [3.63, 3.8) is 0 Å². The topological polar surface area (TPSA) is 100 Å². The van der Waals surface area contributed by atoms with E-state index in [0.717, 1.165) is 5.56 Å². The molecule has 0 saturated carbocycles. The summed E-state index contributed by atoms with van der Waals surface area (Å²) in [7, 11) is 1.58. The molecule has 0 fully saturated rings. The molecule has 128 valence electrons. The number of carbonyl (C=O) groups excluding carboxylic acids is 1. The van der Waals surface area contributed by atoms with Crippen molar-refractivity contribution >= 4 is 17.5 Å². The Labute approximate surface area is 148 Å². The number of aromatic nitrogens is 2. The predicted octanol–water partition coefficient (Wildman–Crippen LogP) is 3.08. The van der Waals surface area contributed by atoms with Crippen LogP contribution in [0.5, 0.6) is 11.5 Å². The Hall–Kier alpha value is -3.06. The smallest absolute Gasteiger partial charge is 0.264 e. The van der Waals surface area contributed by atoms with Crippen LogP contribution in [0.3, 0.4) is 0 Å². The molecule has 2 N–H and O–H groups in total. The zero-order chi connectivity index (χ0) is 17.8. The highest BCUT2D eigenvalue weighted by atomic mass is 35.5. The maximum atomic E-state index is 11.5. The molecule has 1 amide bonds. The van der Waals surface area contributed by atoms with Gasteiger partial charge in [-0.2, -0.15) is 4.98 Å². The van der Waals surface area contributed by atoms with Gasteiger partial charge >= 0.3 is 0 Å². The van der Waals surface area contributed by atoms with Crippen molar-refractivity contribution in [2.24, 2.45) is 5.73 Å². The summed E-state index contributed by atoms with van der Waals surface area (Å²) in [6.45, 7) is -0.0150. The molecule has 0 unspecified atom stereocenters. The highest BCUT2D eigenvalue weighted by molar-refractivity contribution is 6.31. The Balaban J connectivity index is 1.75. The number of amides is 1. The largest absolute Gasteiger partial charge is 0.497 e. The van der Waals surface area contributed by atoms with Crippen LogP contribution >= 0.6 is 11.6 Å². The number of carbonyl (C=O) groups is 1. The summed E-state index contributed by atoms with van der Waals surface area (Å²) in [6, 6.07) is 11.9. The minimum atomic E-state index is -0.639. The van der Waals surface area contributed by atoms with Crippen molar-refractivity contribution in [3.8, 4) is 22.9 Å². The number of primary amides is 1. The van der Waals surface area contributed by atoms with E-state index in [4.69, 9.17) is 31.3 Å². The third-order valence-electron chi connectivity index (χ3n) is 3.35. The lowest BCUT2D eigenvalue weighted by atomic mass is 10.2. The van der Waals surface area contributed by atoms with E-state index in [0.29, 0.717) is 16.6 Å². The fraction of sp³-hybridized carbons (Fsp3) is 0.118. The summed E-state index contributed by atoms with van der Waals surface area (Å²) in [5, 5.41) is 4.30. The number of ether oxygens (including phenoxy) is 2. The van der Waals surface area contributed by atoms with E-state index >= 15 is 0 Å². The third kappa shape index (κ3) is 3.89. The van der Waals surface area contributed by atoms with Gasteiger partial charge in [-0.1, -0.05) is 28.9 Å². The summed E-state index contributed by atoms with van der Waals surface area (Å²) >= 11 is 5.86. The van der Waals surface area contributed by atoms with Gasteiger partial charge < -0.3 is 19.7 Å². The van der Waals surface area contributed by atoms with Gasteiger partial charge in [0.1, 0.15) is 11.5 Å². The maximum Gasteiger partial charge on any atom is 0.264 e. The second-order valence-corrected chi connectivity index (χ2v) is 5.47. The van der Waals surface area contributed by atoms with Crippen LogP contribution in [0.15, 0.2) is 47.0 Å². The lowest BCUT2D eigenvalue weighted by Crippen LogP contribution is -2.13. The average molecular weight is 360 g/mol. The molecule has 0 saturated heterocycles. The van der Waals surface area contributed by atoms with Crippen LogP contribution in [0, 0.1) is 0 Å². The van der Waals surface area contributed by atoms with E-state index in [2.05, 4.69) is 10.1 Å². The zero-order valence-electron chi connectivity index (χ0n) is 13.2. The van der Waals surface area contributed by atoms with Crippen LogP contribution in [0.4, 0.5) is 0 Å². The fourth-order valence-electron chi connectivity index (χ4n) is 2.15. The van der Waals surface area contributed by atoms with Crippen molar-refractivity contribution in [1.29, 1.82) is 0 Å². The quantitative estimate of drug-likeness (QED) is 0.725. The lowest BCUT2D eigenvalue weighted by Gasteiger charge is -2.07. The molecule has 25 heavy (non-hydrogen) atoms. The Morgan fingerprint density at radius 2 is 2.12 bits per heavy atom. The van der Waals surface area contributed by atoms with Crippen molar-refractivity contribution in [2.45, 2.75) is 6.61 Å². The van der Waals surface area contributed by atoms with Gasteiger partial charge in [0.25, 0.3) is 11.8 Å². The predicted molar refractivity (Wildman–Crippen MR) is 90.6 cm³/mol. The normalized spacial score (nSPS) is 10.5. The van der Waals surface area contributed by atoms with E-state index in [1.54, 1.807) is 25.3 Å². The number of benzene rings is 2. The van der Waals surface area contributed by atoms with Gasteiger partial charge in [0.15, 0.2) is 6.61 Å². The van der Waals surface area contributed by atoms with E-state index in [-0.39, 0.29) is 23.8 Å². The molecule has 7 nitrogen and oxygen atoms in total. The fourth-order valence-corrected chi connectivity index (χ4v) is 2.33. The lowest BCUT2D eigenvalue weighted by molar-refractivity contribution is 0.0995. The van der Waals surface area contributed by atoms with Crippen LogP contribution in [-0.2, 0) is 6.61 Å². The summed E-state index contributed by atoms with van der Waals surface area (Å²) < 4.78 is 15.9. The molecule has 3 rings (SSSR count). The molecule has 0 spiro atoms.